The lowest BCUT2D eigenvalue weighted by molar-refractivity contribution is -0.123. The molecule has 0 unspecified atom stereocenters. The van der Waals surface area contributed by atoms with Gasteiger partial charge >= 0.3 is 0 Å². The van der Waals surface area contributed by atoms with E-state index in [4.69, 9.17) is 19.9 Å². The molecular formula is C22H21N3O5. The summed E-state index contributed by atoms with van der Waals surface area (Å²) in [5.41, 5.74) is 8.14. The first-order valence-corrected chi connectivity index (χ1v) is 9.08. The average molecular weight is 407 g/mol. The molecule has 3 rings (SSSR count). The number of hydrogen-bond donors (Lipinski definition) is 2. The van der Waals surface area contributed by atoms with Crippen LogP contribution in [-0.4, -0.2) is 38.4 Å². The first-order valence-electron chi connectivity index (χ1n) is 9.08. The van der Waals surface area contributed by atoms with Crippen molar-refractivity contribution in [3.63, 3.8) is 0 Å². The summed E-state index contributed by atoms with van der Waals surface area (Å²) >= 11 is 0. The van der Waals surface area contributed by atoms with Crippen LogP contribution in [0, 0.1) is 0 Å². The Bertz CT molecular complexity index is 1080. The van der Waals surface area contributed by atoms with E-state index in [0.29, 0.717) is 22.8 Å². The summed E-state index contributed by atoms with van der Waals surface area (Å²) in [4.78, 5) is 22.9. The second kappa shape index (κ2) is 9.92. The largest absolute Gasteiger partial charge is 0.493 e. The quantitative estimate of drug-likeness (QED) is 0.417. The number of carbonyl (C=O) groups is 2. The maximum atomic E-state index is 12.0. The van der Waals surface area contributed by atoms with Gasteiger partial charge in [0.25, 0.3) is 11.8 Å². The predicted octanol–water partition coefficient (Wildman–Crippen LogP) is 2.24. The maximum absolute atomic E-state index is 12.0. The van der Waals surface area contributed by atoms with Crippen LogP contribution in [0.1, 0.15) is 5.56 Å². The number of hydrazone groups is 1. The number of nitrogens with one attached hydrogen (secondary N) is 1. The molecule has 8 heteroatoms. The molecule has 3 N–H and O–H groups in total. The Balaban J connectivity index is 1.55. The van der Waals surface area contributed by atoms with Crippen molar-refractivity contribution in [2.45, 2.75) is 0 Å². The third-order valence-electron chi connectivity index (χ3n) is 4.07. The van der Waals surface area contributed by atoms with Gasteiger partial charge in [0.15, 0.2) is 24.7 Å². The second-order valence-electron chi connectivity index (χ2n) is 6.22. The van der Waals surface area contributed by atoms with Gasteiger partial charge in [-0.1, -0.05) is 36.4 Å². The number of amides is 2. The minimum atomic E-state index is -0.587. The Morgan fingerprint density at radius 3 is 2.53 bits per heavy atom. The Morgan fingerprint density at radius 2 is 1.73 bits per heavy atom. The molecule has 0 aliphatic heterocycles. The van der Waals surface area contributed by atoms with Crippen molar-refractivity contribution < 1.29 is 23.8 Å². The predicted molar refractivity (Wildman–Crippen MR) is 113 cm³/mol. The van der Waals surface area contributed by atoms with Crippen molar-refractivity contribution in [1.82, 2.24) is 5.43 Å². The number of nitrogens with zero attached hydrogens (tertiary/aromatic N) is 1. The summed E-state index contributed by atoms with van der Waals surface area (Å²) in [5, 5.41) is 5.89. The van der Waals surface area contributed by atoms with Crippen LogP contribution in [0.15, 0.2) is 65.8 Å². The number of ether oxygens (including phenoxy) is 3. The van der Waals surface area contributed by atoms with E-state index in [-0.39, 0.29) is 13.2 Å². The van der Waals surface area contributed by atoms with Gasteiger partial charge in [0.05, 0.1) is 13.3 Å². The van der Waals surface area contributed by atoms with Gasteiger partial charge in [0, 0.05) is 5.39 Å². The highest BCUT2D eigenvalue weighted by atomic mass is 16.5. The molecule has 0 aliphatic rings. The number of rotatable bonds is 9. The van der Waals surface area contributed by atoms with Crippen LogP contribution in [0.25, 0.3) is 10.8 Å². The summed E-state index contributed by atoms with van der Waals surface area (Å²) in [6.07, 6.45) is 1.45. The summed E-state index contributed by atoms with van der Waals surface area (Å²) < 4.78 is 16.1. The number of fused-ring (bicyclic) bond motifs is 1. The number of nitrogens with two attached hydrogens (primary N) is 1. The molecule has 0 aromatic heterocycles. The lowest BCUT2D eigenvalue weighted by Crippen LogP contribution is -2.24. The number of primary amides is 1. The number of carbonyl (C=O) groups excluding carboxylic acids is 2. The van der Waals surface area contributed by atoms with Crippen molar-refractivity contribution in [3.8, 4) is 17.2 Å². The van der Waals surface area contributed by atoms with Gasteiger partial charge in [0.2, 0.25) is 0 Å². The minimum absolute atomic E-state index is 0.172. The maximum Gasteiger partial charge on any atom is 0.277 e. The second-order valence-corrected chi connectivity index (χ2v) is 6.22. The molecule has 0 heterocycles. The summed E-state index contributed by atoms with van der Waals surface area (Å²) in [6.45, 7) is -0.425. The molecule has 0 bridgehead atoms. The zero-order valence-corrected chi connectivity index (χ0v) is 16.3. The van der Waals surface area contributed by atoms with Crippen molar-refractivity contribution in [3.05, 3.63) is 66.2 Å². The van der Waals surface area contributed by atoms with Crippen molar-refractivity contribution in [2.75, 3.05) is 20.3 Å². The van der Waals surface area contributed by atoms with Crippen molar-refractivity contribution >= 4 is 28.8 Å². The van der Waals surface area contributed by atoms with Gasteiger partial charge in [-0.3, -0.25) is 9.59 Å². The van der Waals surface area contributed by atoms with Crippen LogP contribution in [-0.2, 0) is 9.59 Å². The van der Waals surface area contributed by atoms with E-state index >= 15 is 0 Å². The lowest BCUT2D eigenvalue weighted by atomic mass is 10.1. The van der Waals surface area contributed by atoms with Gasteiger partial charge in [-0.2, -0.15) is 5.10 Å². The van der Waals surface area contributed by atoms with E-state index in [0.717, 1.165) is 10.8 Å². The Hall–Kier alpha value is -4.07. The highest BCUT2D eigenvalue weighted by molar-refractivity contribution is 5.89. The highest BCUT2D eigenvalue weighted by Crippen LogP contribution is 2.27. The number of benzene rings is 3. The average Bonchev–Trinajstić information content (AvgIpc) is 2.76. The zero-order valence-electron chi connectivity index (χ0n) is 16.3. The van der Waals surface area contributed by atoms with Crippen molar-refractivity contribution in [1.29, 1.82) is 0 Å². The number of hydrogen-bond acceptors (Lipinski definition) is 6. The van der Waals surface area contributed by atoms with Gasteiger partial charge in [-0.15, -0.1) is 0 Å². The molecule has 0 aliphatic carbocycles. The summed E-state index contributed by atoms with van der Waals surface area (Å²) in [7, 11) is 1.47. The molecular weight excluding hydrogens is 386 g/mol. The number of methoxy groups -OCH3 is 1. The topological polar surface area (TPSA) is 112 Å². The normalized spacial score (nSPS) is 10.7. The zero-order chi connectivity index (χ0) is 21.3. The van der Waals surface area contributed by atoms with Crippen LogP contribution in [0.3, 0.4) is 0 Å². The van der Waals surface area contributed by atoms with E-state index < -0.39 is 11.8 Å². The van der Waals surface area contributed by atoms with Crippen LogP contribution in [0.5, 0.6) is 17.2 Å². The van der Waals surface area contributed by atoms with Gasteiger partial charge < -0.3 is 19.9 Å². The molecule has 0 spiro atoms. The smallest absolute Gasteiger partial charge is 0.277 e. The molecule has 0 atom stereocenters. The van der Waals surface area contributed by atoms with E-state index in [2.05, 4.69) is 10.5 Å². The van der Waals surface area contributed by atoms with Crippen LogP contribution in [0.2, 0.25) is 0 Å². The molecule has 3 aromatic carbocycles. The summed E-state index contributed by atoms with van der Waals surface area (Å²) in [5.74, 6) is 0.430. The van der Waals surface area contributed by atoms with Crippen LogP contribution in [0.4, 0.5) is 0 Å². The SMILES string of the molecule is COc1cc(/C=N\NC(=O)COc2cccc3ccccc23)ccc1OCC(N)=O. The summed E-state index contributed by atoms with van der Waals surface area (Å²) in [6, 6.07) is 18.4. The fourth-order valence-corrected chi connectivity index (χ4v) is 2.71. The van der Waals surface area contributed by atoms with Gasteiger partial charge in [-0.05, 0) is 35.2 Å². The van der Waals surface area contributed by atoms with Gasteiger partial charge in [0.1, 0.15) is 5.75 Å². The van der Waals surface area contributed by atoms with Crippen LogP contribution >= 0.6 is 0 Å². The fourth-order valence-electron chi connectivity index (χ4n) is 2.71. The van der Waals surface area contributed by atoms with E-state index in [1.807, 2.05) is 42.5 Å². The molecule has 0 radical (unpaired) electrons. The molecule has 30 heavy (non-hydrogen) atoms. The Labute approximate surface area is 173 Å². The molecule has 0 saturated heterocycles. The van der Waals surface area contributed by atoms with Crippen LogP contribution < -0.4 is 25.4 Å². The van der Waals surface area contributed by atoms with Crippen molar-refractivity contribution in [2.24, 2.45) is 10.8 Å². The molecule has 0 saturated carbocycles. The first kappa shape index (κ1) is 20.7. The Morgan fingerprint density at radius 1 is 0.967 bits per heavy atom. The fraction of sp³-hybridized carbons (Fsp3) is 0.136. The third kappa shape index (κ3) is 5.48. The monoisotopic (exact) mass is 407 g/mol. The molecule has 2 amide bonds. The molecule has 3 aromatic rings. The molecule has 0 fully saturated rings. The third-order valence-corrected chi connectivity index (χ3v) is 4.07. The molecule has 8 nitrogen and oxygen atoms in total. The highest BCUT2D eigenvalue weighted by Gasteiger charge is 2.07. The molecule has 154 valence electrons. The first-order chi connectivity index (χ1) is 14.6. The van der Waals surface area contributed by atoms with E-state index in [1.165, 1.54) is 13.3 Å². The Kier molecular flexibility index (Phi) is 6.83. The lowest BCUT2D eigenvalue weighted by Gasteiger charge is -2.10. The van der Waals surface area contributed by atoms with Gasteiger partial charge in [-0.25, -0.2) is 5.43 Å². The standard InChI is InChI=1S/C22H21N3O5/c1-28-20-11-15(9-10-19(20)29-13-21(23)26)12-24-25-22(27)14-30-18-8-4-6-16-5-2-3-7-17(16)18/h2-12H,13-14H2,1H3,(H2,23,26)(H,25,27)/b24-12-. The minimum Gasteiger partial charge on any atom is -0.493 e. The van der Waals surface area contributed by atoms with E-state index in [1.54, 1.807) is 18.2 Å². The van der Waals surface area contributed by atoms with E-state index in [9.17, 15) is 9.59 Å².